The third kappa shape index (κ3) is 3.95. The lowest BCUT2D eigenvalue weighted by Crippen LogP contribution is -2.28. The van der Waals surface area contributed by atoms with Gasteiger partial charge in [-0.15, -0.1) is 0 Å². The molecule has 0 aliphatic rings. The van der Waals surface area contributed by atoms with Gasteiger partial charge in [0, 0.05) is 6.07 Å². The number of anilines is 1. The molecule has 10 heteroatoms. The minimum Gasteiger partial charge on any atom is -0.495 e. The number of halogens is 1. The Morgan fingerprint density at radius 1 is 1.13 bits per heavy atom. The highest BCUT2D eigenvalue weighted by molar-refractivity contribution is 6.32. The summed E-state index contributed by atoms with van der Waals surface area (Å²) in [6.07, 6.45) is 2.77. The molecule has 0 fully saturated rings. The number of methoxy groups -OCH3 is 2. The van der Waals surface area contributed by atoms with Crippen LogP contribution in [0.4, 0.5) is 5.69 Å². The van der Waals surface area contributed by atoms with E-state index >= 15 is 0 Å². The van der Waals surface area contributed by atoms with Crippen LogP contribution in [0.3, 0.4) is 0 Å². The minimum absolute atomic E-state index is 0.245. The van der Waals surface area contributed by atoms with Crippen LogP contribution < -0.4 is 20.3 Å². The summed E-state index contributed by atoms with van der Waals surface area (Å²) in [5.41, 5.74) is 1.18. The van der Waals surface area contributed by atoms with Crippen LogP contribution in [0.1, 0.15) is 0 Å². The van der Waals surface area contributed by atoms with Crippen LogP contribution in [0.15, 0.2) is 59.8 Å². The van der Waals surface area contributed by atoms with E-state index in [1.165, 1.54) is 37.4 Å². The van der Waals surface area contributed by atoms with E-state index < -0.39 is 5.91 Å². The van der Waals surface area contributed by atoms with Crippen molar-refractivity contribution < 1.29 is 14.3 Å². The third-order valence-electron chi connectivity index (χ3n) is 4.62. The van der Waals surface area contributed by atoms with Crippen LogP contribution in [-0.4, -0.2) is 39.5 Å². The zero-order chi connectivity index (χ0) is 22.0. The number of carbonyl (C=O) groups is 1. The molecule has 0 unspecified atom stereocenters. The van der Waals surface area contributed by atoms with Crippen LogP contribution >= 0.6 is 11.6 Å². The van der Waals surface area contributed by atoms with Crippen LogP contribution in [-0.2, 0) is 11.3 Å². The summed E-state index contributed by atoms with van der Waals surface area (Å²) in [5, 5.41) is 7.58. The molecule has 0 radical (unpaired) electrons. The predicted molar refractivity (Wildman–Crippen MR) is 116 cm³/mol. The first-order valence-corrected chi connectivity index (χ1v) is 9.59. The van der Waals surface area contributed by atoms with E-state index in [4.69, 9.17) is 21.1 Å². The lowest BCUT2D eigenvalue weighted by Gasteiger charge is -2.13. The van der Waals surface area contributed by atoms with Gasteiger partial charge in [0.05, 0.1) is 36.8 Å². The van der Waals surface area contributed by atoms with Crippen molar-refractivity contribution in [2.24, 2.45) is 0 Å². The van der Waals surface area contributed by atoms with E-state index in [1.807, 2.05) is 30.3 Å². The number of ether oxygens (including phenoxy) is 2. The summed E-state index contributed by atoms with van der Waals surface area (Å²) in [5.74, 6) is 0.343. The Hall–Kier alpha value is -3.85. The van der Waals surface area contributed by atoms with Gasteiger partial charge in [0.15, 0.2) is 5.65 Å². The van der Waals surface area contributed by atoms with Crippen molar-refractivity contribution in [1.82, 2.24) is 19.3 Å². The molecule has 4 aromatic rings. The molecule has 31 heavy (non-hydrogen) atoms. The molecule has 2 aromatic heterocycles. The predicted octanol–water partition coefficient (Wildman–Crippen LogP) is 2.89. The number of hydrogen-bond acceptors (Lipinski definition) is 6. The Morgan fingerprint density at radius 2 is 1.87 bits per heavy atom. The molecule has 0 spiro atoms. The van der Waals surface area contributed by atoms with E-state index in [2.05, 4.69) is 15.4 Å². The van der Waals surface area contributed by atoms with Gasteiger partial charge in [0.2, 0.25) is 5.91 Å². The molecular formula is C21H18ClN5O4. The SMILES string of the molecule is COc1cc(OC)c(NC(=O)Cn2cnc3c(cnn3-c3ccccc3)c2=O)cc1Cl. The number of carbonyl (C=O) groups excluding carboxylic acids is 1. The molecule has 1 N–H and O–H groups in total. The maximum atomic E-state index is 12.8. The maximum absolute atomic E-state index is 12.8. The smallest absolute Gasteiger partial charge is 0.264 e. The Kier molecular flexibility index (Phi) is 5.59. The molecule has 0 bridgehead atoms. The number of nitrogens with one attached hydrogen (secondary N) is 1. The number of para-hydroxylation sites is 1. The van der Waals surface area contributed by atoms with Gasteiger partial charge in [0.1, 0.15) is 29.8 Å². The zero-order valence-corrected chi connectivity index (χ0v) is 17.5. The zero-order valence-electron chi connectivity index (χ0n) is 16.7. The first kappa shape index (κ1) is 20.4. The molecular weight excluding hydrogens is 422 g/mol. The van der Waals surface area contributed by atoms with Gasteiger partial charge in [-0.3, -0.25) is 14.2 Å². The number of hydrogen-bond donors (Lipinski definition) is 1. The molecule has 2 aromatic carbocycles. The van der Waals surface area contributed by atoms with Gasteiger partial charge in [-0.2, -0.15) is 5.10 Å². The summed E-state index contributed by atoms with van der Waals surface area (Å²) in [4.78, 5) is 29.8. The standard InChI is InChI=1S/C21H18ClN5O4/c1-30-17-9-18(31-2)16(8-15(17)22)25-19(28)11-26-12-23-20-14(21(26)29)10-24-27(20)13-6-4-3-5-7-13/h3-10,12H,11H2,1-2H3,(H,25,28). The van der Waals surface area contributed by atoms with E-state index in [0.717, 1.165) is 5.69 Å². The van der Waals surface area contributed by atoms with Gasteiger partial charge >= 0.3 is 0 Å². The van der Waals surface area contributed by atoms with Crippen LogP contribution in [0.25, 0.3) is 16.7 Å². The Balaban J connectivity index is 1.59. The first-order valence-electron chi connectivity index (χ1n) is 9.21. The van der Waals surface area contributed by atoms with Gasteiger partial charge in [-0.05, 0) is 18.2 Å². The fraction of sp³-hybridized carbons (Fsp3) is 0.143. The Bertz CT molecular complexity index is 1320. The van der Waals surface area contributed by atoms with Crippen molar-refractivity contribution in [2.45, 2.75) is 6.54 Å². The van der Waals surface area contributed by atoms with Gasteiger partial charge in [0.25, 0.3) is 5.56 Å². The monoisotopic (exact) mass is 439 g/mol. The molecule has 0 atom stereocenters. The first-order chi connectivity index (χ1) is 15.0. The number of nitrogens with zero attached hydrogens (tertiary/aromatic N) is 4. The van der Waals surface area contributed by atoms with Crippen molar-refractivity contribution in [1.29, 1.82) is 0 Å². The summed E-state index contributed by atoms with van der Waals surface area (Å²) in [6, 6.07) is 12.4. The van der Waals surface area contributed by atoms with Crippen molar-refractivity contribution in [3.8, 4) is 17.2 Å². The highest BCUT2D eigenvalue weighted by Gasteiger charge is 2.16. The Morgan fingerprint density at radius 3 is 2.58 bits per heavy atom. The third-order valence-corrected chi connectivity index (χ3v) is 4.91. The molecule has 4 rings (SSSR count). The fourth-order valence-electron chi connectivity index (χ4n) is 3.12. The molecule has 9 nitrogen and oxygen atoms in total. The second-order valence-corrected chi connectivity index (χ2v) is 6.95. The second kappa shape index (κ2) is 8.49. The largest absolute Gasteiger partial charge is 0.495 e. The van der Waals surface area contributed by atoms with E-state index in [1.54, 1.807) is 10.7 Å². The topological polar surface area (TPSA) is 100 Å². The molecule has 2 heterocycles. The molecule has 158 valence electrons. The van der Waals surface area contributed by atoms with E-state index in [0.29, 0.717) is 33.2 Å². The number of benzene rings is 2. The van der Waals surface area contributed by atoms with Crippen LogP contribution in [0.5, 0.6) is 11.5 Å². The van der Waals surface area contributed by atoms with Gasteiger partial charge < -0.3 is 14.8 Å². The molecule has 0 saturated carbocycles. The van der Waals surface area contributed by atoms with Crippen LogP contribution in [0, 0.1) is 0 Å². The molecule has 0 aliphatic carbocycles. The summed E-state index contributed by atoms with van der Waals surface area (Å²) in [7, 11) is 2.94. The highest BCUT2D eigenvalue weighted by Crippen LogP contribution is 2.35. The number of amides is 1. The van der Waals surface area contributed by atoms with Crippen molar-refractivity contribution in [3.63, 3.8) is 0 Å². The number of fused-ring (bicyclic) bond motifs is 1. The van der Waals surface area contributed by atoms with Gasteiger partial charge in [-0.25, -0.2) is 9.67 Å². The second-order valence-electron chi connectivity index (χ2n) is 6.54. The highest BCUT2D eigenvalue weighted by atomic mass is 35.5. The lowest BCUT2D eigenvalue weighted by molar-refractivity contribution is -0.116. The number of aromatic nitrogens is 4. The van der Waals surface area contributed by atoms with E-state index in [9.17, 15) is 9.59 Å². The number of rotatable bonds is 6. The van der Waals surface area contributed by atoms with Crippen molar-refractivity contribution in [2.75, 3.05) is 19.5 Å². The summed E-state index contributed by atoms with van der Waals surface area (Å²) in [6.45, 7) is -0.245. The van der Waals surface area contributed by atoms with Crippen molar-refractivity contribution in [3.05, 3.63) is 70.4 Å². The van der Waals surface area contributed by atoms with Crippen molar-refractivity contribution >= 4 is 34.2 Å². The molecule has 0 saturated heterocycles. The van der Waals surface area contributed by atoms with Crippen LogP contribution in [0.2, 0.25) is 5.02 Å². The average molecular weight is 440 g/mol. The maximum Gasteiger partial charge on any atom is 0.264 e. The average Bonchev–Trinajstić information content (AvgIpc) is 3.21. The summed E-state index contributed by atoms with van der Waals surface area (Å²) < 4.78 is 13.2. The van der Waals surface area contributed by atoms with E-state index in [-0.39, 0.29) is 12.1 Å². The normalized spacial score (nSPS) is 10.8. The Labute approximate surface area is 181 Å². The molecule has 1 amide bonds. The van der Waals surface area contributed by atoms with Gasteiger partial charge in [-0.1, -0.05) is 29.8 Å². The quantitative estimate of drug-likeness (QED) is 0.496. The lowest BCUT2D eigenvalue weighted by atomic mass is 10.2. The summed E-state index contributed by atoms with van der Waals surface area (Å²) >= 11 is 6.14. The minimum atomic E-state index is -0.446. The molecule has 0 aliphatic heterocycles. The fourth-order valence-corrected chi connectivity index (χ4v) is 3.36.